The largest absolute Gasteiger partial charge is 0.497 e. The molecular weight excluding hydrogens is 1430 g/mol. The van der Waals surface area contributed by atoms with E-state index in [4.69, 9.17) is 150 Å². The van der Waals surface area contributed by atoms with E-state index in [0.29, 0.717) is 44.0 Å². The maximum atomic E-state index is 14.1. The van der Waals surface area contributed by atoms with Gasteiger partial charge in [0.2, 0.25) is 13.9 Å². The van der Waals surface area contributed by atoms with E-state index in [0.717, 1.165) is 11.1 Å². The van der Waals surface area contributed by atoms with Gasteiger partial charge in [-0.25, -0.2) is 9.59 Å². The Morgan fingerprint density at radius 1 is 0.420 bits per heavy atom. The van der Waals surface area contributed by atoms with Gasteiger partial charge in [0.25, 0.3) is 0 Å². The highest BCUT2D eigenvalue weighted by molar-refractivity contribution is 6.68. The van der Waals surface area contributed by atoms with E-state index < -0.39 is 173 Å². The van der Waals surface area contributed by atoms with Crippen molar-refractivity contribution in [3.8, 4) is 11.5 Å². The van der Waals surface area contributed by atoms with Crippen molar-refractivity contribution >= 4 is 93.7 Å². The molecule has 8 rings (SSSR count). The van der Waals surface area contributed by atoms with Crippen LogP contribution in [-0.4, -0.2) is 176 Å². The standard InChI is InChI=1S/C71H98Cl6N2O21/c1-14-50-57(98-66-60(89-44(11)80)39(6)37(4)53(95-66)33-85-31-46-23-19-17-20-24-46)41(8)55(78-68(82)87-35-70(72,73)74)63(92-50)97-59-43(10)62(65(94-52(59)16-3)91-49-29-27-48(84-13)28-30-49)100-64-56(79-69(83)88-36-71(75,76)77)42(9)58(51(15-2)93-64)99-67-61(90-45(12)81)40(7)38(5)54(96-67)34-86-32-47-25-21-18-22-26-47/h17-30,37-43,50-67H,14-16,31-36H2,1-13H3,(H,78,82)(H,79,83)/t37-,38-,39+,40+,41-,42-,43-,50?,51?,52?,53?,54?,55?,56?,57+,58+,59+,60?,61?,62?,63+,64+,65+,66+,67+/m1/s1. The topological polar surface area (TPSA) is 249 Å². The predicted molar refractivity (Wildman–Crippen MR) is 372 cm³/mol. The van der Waals surface area contributed by atoms with Crippen molar-refractivity contribution < 1.29 is 99.7 Å². The summed E-state index contributed by atoms with van der Waals surface area (Å²) < 4.78 is 107. The summed E-state index contributed by atoms with van der Waals surface area (Å²) in [6.45, 7) is 21.8. The number of nitrogens with one attached hydrogen (secondary N) is 2. The molecule has 0 bridgehead atoms. The first kappa shape index (κ1) is 81.7. The molecule has 0 aliphatic carbocycles. The lowest BCUT2D eigenvalue weighted by molar-refractivity contribution is -0.366. The Kier molecular flexibility index (Phi) is 30.9. The molecule has 5 aliphatic heterocycles. The number of alkyl carbamates (subject to hydrolysis) is 2. The van der Waals surface area contributed by atoms with Crippen LogP contribution in [-0.2, 0) is 93.9 Å². The lowest BCUT2D eigenvalue weighted by atomic mass is 9.83. The molecule has 5 heterocycles. The zero-order valence-electron chi connectivity index (χ0n) is 58.7. The molecular formula is C71H98Cl6N2O21. The Balaban J connectivity index is 1.12. The minimum absolute atomic E-state index is 0.143. The third kappa shape index (κ3) is 22.5. The van der Waals surface area contributed by atoms with Gasteiger partial charge in [0.05, 0.1) is 94.5 Å². The normalized spacial score (nSPS) is 34.8. The van der Waals surface area contributed by atoms with Gasteiger partial charge in [-0.3, -0.25) is 9.59 Å². The first-order chi connectivity index (χ1) is 47.5. The highest BCUT2D eigenvalue weighted by Crippen LogP contribution is 2.44. The molecule has 100 heavy (non-hydrogen) atoms. The number of esters is 2. The summed E-state index contributed by atoms with van der Waals surface area (Å²) in [4.78, 5) is 53.9. The number of hydrogen-bond donors (Lipinski definition) is 2. The average Bonchev–Trinajstić information content (AvgIpc) is 0.772. The summed E-state index contributed by atoms with van der Waals surface area (Å²) in [6.07, 6.45) is -15.8. The second kappa shape index (κ2) is 37.8. The van der Waals surface area contributed by atoms with Gasteiger partial charge in [0, 0.05) is 43.4 Å². The first-order valence-electron chi connectivity index (χ1n) is 34.3. The van der Waals surface area contributed by atoms with Gasteiger partial charge in [0.15, 0.2) is 37.4 Å². The Bertz CT molecular complexity index is 3020. The highest BCUT2D eigenvalue weighted by Gasteiger charge is 2.57. The van der Waals surface area contributed by atoms with Gasteiger partial charge in [-0.1, -0.05) is 200 Å². The van der Waals surface area contributed by atoms with E-state index in [1.54, 1.807) is 31.4 Å². The monoisotopic (exact) mass is 1520 g/mol. The van der Waals surface area contributed by atoms with E-state index >= 15 is 0 Å². The quantitative estimate of drug-likeness (QED) is 0.0389. The zero-order chi connectivity index (χ0) is 72.8. The van der Waals surface area contributed by atoms with Crippen molar-refractivity contribution in [3.63, 3.8) is 0 Å². The highest BCUT2D eigenvalue weighted by atomic mass is 35.6. The molecule has 25 atom stereocenters. The molecule has 10 unspecified atom stereocenters. The number of hydrogen-bond acceptors (Lipinski definition) is 21. The molecule has 5 aliphatic rings. The van der Waals surface area contributed by atoms with Crippen LogP contribution in [0, 0.1) is 41.4 Å². The first-order valence-corrected chi connectivity index (χ1v) is 36.5. The number of rotatable bonds is 28. The number of carbonyl (C=O) groups excluding carboxylic acids is 4. The molecule has 29 heteroatoms. The van der Waals surface area contributed by atoms with Gasteiger partial charge in [-0.05, 0) is 66.5 Å². The smallest absolute Gasteiger partial charge is 0.407 e. The minimum Gasteiger partial charge on any atom is -0.497 e. The maximum absolute atomic E-state index is 14.1. The number of carbonyl (C=O) groups is 4. The maximum Gasteiger partial charge on any atom is 0.407 e. The Morgan fingerprint density at radius 3 is 1.14 bits per heavy atom. The zero-order valence-corrected chi connectivity index (χ0v) is 63.3. The number of benzene rings is 3. The van der Waals surface area contributed by atoms with E-state index in [1.165, 1.54) is 13.8 Å². The molecule has 0 aromatic heterocycles. The van der Waals surface area contributed by atoms with E-state index in [1.807, 2.05) is 130 Å². The van der Waals surface area contributed by atoms with Crippen LogP contribution in [0.3, 0.4) is 0 Å². The fourth-order valence-corrected chi connectivity index (χ4v) is 13.8. The van der Waals surface area contributed by atoms with Crippen LogP contribution >= 0.6 is 69.6 Å². The summed E-state index contributed by atoms with van der Waals surface area (Å²) in [5.41, 5.74) is 1.97. The molecule has 3 aromatic carbocycles. The molecule has 5 fully saturated rings. The van der Waals surface area contributed by atoms with Crippen LogP contribution in [0.5, 0.6) is 11.5 Å². The molecule has 3 aromatic rings. The van der Waals surface area contributed by atoms with Gasteiger partial charge < -0.3 is 91.2 Å². The van der Waals surface area contributed by atoms with Gasteiger partial charge >= 0.3 is 24.1 Å². The van der Waals surface area contributed by atoms with Crippen LogP contribution in [0.1, 0.15) is 113 Å². The Hall–Kier alpha value is -3.96. The van der Waals surface area contributed by atoms with Crippen LogP contribution in [0.2, 0.25) is 0 Å². The third-order valence-corrected chi connectivity index (χ3v) is 20.1. The van der Waals surface area contributed by atoms with Crippen molar-refractivity contribution in [2.24, 2.45) is 41.4 Å². The summed E-state index contributed by atoms with van der Waals surface area (Å²) in [7, 11) is 1.55. The molecule has 2 amide bonds. The second-order valence-electron chi connectivity index (χ2n) is 26.5. The lowest BCUT2D eigenvalue weighted by Crippen LogP contribution is -2.67. The number of alkyl halides is 6. The van der Waals surface area contributed by atoms with Crippen molar-refractivity contribution in [2.45, 2.75) is 234 Å². The summed E-state index contributed by atoms with van der Waals surface area (Å²) >= 11 is 36.7. The van der Waals surface area contributed by atoms with Crippen molar-refractivity contribution in [1.29, 1.82) is 0 Å². The summed E-state index contributed by atoms with van der Waals surface area (Å²) in [5, 5.41) is 5.87. The minimum atomic E-state index is -1.98. The number of halogens is 6. The van der Waals surface area contributed by atoms with E-state index in [9.17, 15) is 19.2 Å². The Morgan fingerprint density at radius 2 is 0.770 bits per heavy atom. The van der Waals surface area contributed by atoms with Gasteiger partial charge in [-0.15, -0.1) is 0 Å². The number of methoxy groups -OCH3 is 1. The molecule has 2 N–H and O–H groups in total. The molecule has 0 spiro atoms. The Labute approximate surface area is 616 Å². The van der Waals surface area contributed by atoms with Crippen molar-refractivity contribution in [3.05, 3.63) is 96.1 Å². The second-order valence-corrected chi connectivity index (χ2v) is 31.6. The van der Waals surface area contributed by atoms with Crippen molar-refractivity contribution in [2.75, 3.05) is 33.5 Å². The molecule has 0 saturated carbocycles. The fraction of sp³-hybridized carbons (Fsp3) is 0.690. The summed E-state index contributed by atoms with van der Waals surface area (Å²) in [6, 6.07) is 24.2. The van der Waals surface area contributed by atoms with Gasteiger partial charge in [0.1, 0.15) is 30.8 Å². The van der Waals surface area contributed by atoms with Crippen LogP contribution in [0.15, 0.2) is 84.9 Å². The molecule has 560 valence electrons. The molecule has 23 nitrogen and oxygen atoms in total. The van der Waals surface area contributed by atoms with E-state index in [2.05, 4.69) is 10.6 Å². The molecule has 5 saturated heterocycles. The van der Waals surface area contributed by atoms with Crippen molar-refractivity contribution in [1.82, 2.24) is 10.6 Å². The lowest BCUT2D eigenvalue weighted by Gasteiger charge is -2.52. The predicted octanol–water partition coefficient (Wildman–Crippen LogP) is 13.1. The average molecular weight is 1530 g/mol. The van der Waals surface area contributed by atoms with Gasteiger partial charge in [-0.2, -0.15) is 0 Å². The third-order valence-electron chi connectivity index (χ3n) is 19.5. The van der Waals surface area contributed by atoms with Crippen LogP contribution in [0.4, 0.5) is 9.59 Å². The SMILES string of the molecule is CCC1O[C@@H](OC2[C@@H](Oc3ccc(OC)cc3)OC(CC)[C@@H](O[C@@H]3OC(CC)[C@@H](O[C@@H]4OC(COCc5ccccc5)[C@H](C)[C@H](C)C4OC(C)=O)[C@H](C)C3NC(=O)OCC(Cl)(Cl)Cl)[C@H]2C)C(NC(=O)OCC(Cl)(Cl)Cl)[C@@H](C)[C@@H]1O[C@@H]1OC(COCc2ccccc2)[C@H](C)[C@H](C)C1OC(C)=O. The fourth-order valence-electron chi connectivity index (χ4n) is 13.5. The van der Waals surface area contributed by atoms with Crippen LogP contribution in [0.25, 0.3) is 0 Å². The summed E-state index contributed by atoms with van der Waals surface area (Å²) in [5.74, 6) is -3.09. The number of ether oxygens (including phenoxy) is 17. The van der Waals surface area contributed by atoms with Crippen LogP contribution < -0.4 is 20.1 Å². The van der Waals surface area contributed by atoms with E-state index in [-0.39, 0.29) is 36.9 Å². The number of amides is 2. The molecule has 0 radical (unpaired) electrons.